The Hall–Kier alpha value is -0.850. The van der Waals surface area contributed by atoms with Gasteiger partial charge in [0.25, 0.3) is 0 Å². The molecule has 5 nitrogen and oxygen atoms in total. The van der Waals surface area contributed by atoms with Crippen LogP contribution in [0.25, 0.3) is 0 Å². The number of nitrogens with two attached hydrogens (primary N) is 1. The Morgan fingerprint density at radius 1 is 1.25 bits per heavy atom. The quantitative estimate of drug-likeness (QED) is 0.881. The second-order valence-electron chi connectivity index (χ2n) is 5.50. The number of nitrogens with zero attached hydrogens (tertiary/aromatic N) is 4. The van der Waals surface area contributed by atoms with Crippen molar-refractivity contribution in [3.05, 3.63) is 18.5 Å². The third-order valence-corrected chi connectivity index (χ3v) is 5.56. The minimum absolute atomic E-state index is 0.559. The molecule has 0 radical (unpaired) electrons. The van der Waals surface area contributed by atoms with Crippen molar-refractivity contribution >= 4 is 17.7 Å². The van der Waals surface area contributed by atoms with Gasteiger partial charge in [-0.2, -0.15) is 11.8 Å². The summed E-state index contributed by atoms with van der Waals surface area (Å²) in [6, 6.07) is 2.42. The van der Waals surface area contributed by atoms with Crippen LogP contribution in [0.4, 0.5) is 5.95 Å². The number of rotatable bonds is 4. The summed E-state index contributed by atoms with van der Waals surface area (Å²) in [7, 11) is 0. The van der Waals surface area contributed by atoms with Gasteiger partial charge in [0.05, 0.1) is 0 Å². The van der Waals surface area contributed by atoms with E-state index in [1.54, 1.807) is 0 Å². The predicted octanol–water partition coefficient (Wildman–Crippen LogP) is 0.679. The molecule has 1 aromatic rings. The molecule has 0 aromatic carbocycles. The smallest absolute Gasteiger partial charge is 0.225 e. The van der Waals surface area contributed by atoms with Gasteiger partial charge in [-0.3, -0.25) is 4.90 Å². The molecular formula is C14H23N5S. The summed E-state index contributed by atoms with van der Waals surface area (Å²) in [6.07, 6.45) is 4.95. The maximum Gasteiger partial charge on any atom is 0.225 e. The molecule has 3 heterocycles. The average molecular weight is 293 g/mol. The fourth-order valence-corrected chi connectivity index (χ4v) is 4.53. The lowest BCUT2D eigenvalue weighted by Gasteiger charge is -2.41. The van der Waals surface area contributed by atoms with Crippen LogP contribution >= 0.6 is 11.8 Å². The first-order valence-corrected chi connectivity index (χ1v) is 8.58. The molecule has 2 atom stereocenters. The van der Waals surface area contributed by atoms with Crippen LogP contribution in [0.3, 0.4) is 0 Å². The molecule has 2 N–H and O–H groups in total. The number of hydrogen-bond donors (Lipinski definition) is 1. The summed E-state index contributed by atoms with van der Waals surface area (Å²) >= 11 is 2.07. The summed E-state index contributed by atoms with van der Waals surface area (Å²) in [6.45, 7) is 4.93. The molecule has 0 aliphatic carbocycles. The molecule has 0 amide bonds. The summed E-state index contributed by atoms with van der Waals surface area (Å²) in [4.78, 5) is 13.5. The van der Waals surface area contributed by atoms with E-state index in [2.05, 4.69) is 31.5 Å². The van der Waals surface area contributed by atoms with Crippen molar-refractivity contribution in [3.63, 3.8) is 0 Å². The van der Waals surface area contributed by atoms with Gasteiger partial charge in [0, 0.05) is 51.2 Å². The third-order valence-electron chi connectivity index (χ3n) is 4.37. The molecule has 6 heteroatoms. The molecule has 0 saturated carbocycles. The molecule has 2 unspecified atom stereocenters. The van der Waals surface area contributed by atoms with E-state index in [1.807, 2.05) is 18.5 Å². The van der Waals surface area contributed by atoms with E-state index in [-0.39, 0.29) is 0 Å². The minimum Gasteiger partial charge on any atom is -0.338 e. The minimum atomic E-state index is 0.559. The van der Waals surface area contributed by atoms with Gasteiger partial charge in [0.1, 0.15) is 0 Å². The Balaban J connectivity index is 1.57. The Morgan fingerprint density at radius 2 is 2.00 bits per heavy atom. The van der Waals surface area contributed by atoms with E-state index in [4.69, 9.17) is 5.73 Å². The molecule has 110 valence electrons. The number of piperazine rings is 1. The summed E-state index contributed by atoms with van der Waals surface area (Å²) in [5.74, 6) is 4.22. The zero-order valence-electron chi connectivity index (χ0n) is 11.8. The highest BCUT2D eigenvalue weighted by atomic mass is 32.2. The zero-order chi connectivity index (χ0) is 13.8. The fourth-order valence-electron chi connectivity index (χ4n) is 3.20. The first-order chi connectivity index (χ1) is 9.88. The summed E-state index contributed by atoms with van der Waals surface area (Å²) < 4.78 is 0. The SMILES string of the molecule is NCC(C1CCSC1)N1CCN(c2ncccn2)CC1. The Morgan fingerprint density at radius 3 is 2.60 bits per heavy atom. The van der Waals surface area contributed by atoms with Gasteiger partial charge in [-0.25, -0.2) is 9.97 Å². The lowest BCUT2D eigenvalue weighted by atomic mass is 9.97. The molecule has 20 heavy (non-hydrogen) atoms. The largest absolute Gasteiger partial charge is 0.338 e. The van der Waals surface area contributed by atoms with E-state index < -0.39 is 0 Å². The van der Waals surface area contributed by atoms with Gasteiger partial charge in [-0.05, 0) is 29.9 Å². The Labute approximate surface area is 124 Å². The Kier molecular flexibility index (Phi) is 4.75. The van der Waals surface area contributed by atoms with Crippen LogP contribution < -0.4 is 10.6 Å². The van der Waals surface area contributed by atoms with Crippen molar-refractivity contribution in [1.29, 1.82) is 0 Å². The van der Waals surface area contributed by atoms with Gasteiger partial charge >= 0.3 is 0 Å². The maximum absolute atomic E-state index is 6.04. The third kappa shape index (κ3) is 3.07. The van der Waals surface area contributed by atoms with E-state index in [0.717, 1.165) is 44.6 Å². The molecular weight excluding hydrogens is 270 g/mol. The van der Waals surface area contributed by atoms with Crippen molar-refractivity contribution in [2.24, 2.45) is 11.7 Å². The van der Waals surface area contributed by atoms with Crippen LogP contribution in [-0.4, -0.2) is 65.1 Å². The number of aromatic nitrogens is 2. The second-order valence-corrected chi connectivity index (χ2v) is 6.65. The van der Waals surface area contributed by atoms with Crippen molar-refractivity contribution in [3.8, 4) is 0 Å². The second kappa shape index (κ2) is 6.74. The highest BCUT2D eigenvalue weighted by Crippen LogP contribution is 2.29. The molecule has 2 saturated heterocycles. The Bertz CT molecular complexity index is 401. The first kappa shape index (κ1) is 14.1. The molecule has 0 bridgehead atoms. The van der Waals surface area contributed by atoms with Gasteiger partial charge < -0.3 is 10.6 Å². The average Bonchev–Trinajstić information content (AvgIpc) is 3.04. The van der Waals surface area contributed by atoms with Crippen molar-refractivity contribution < 1.29 is 0 Å². The van der Waals surface area contributed by atoms with Gasteiger partial charge in [-0.15, -0.1) is 0 Å². The van der Waals surface area contributed by atoms with Crippen LogP contribution in [0.1, 0.15) is 6.42 Å². The maximum atomic E-state index is 6.04. The lowest BCUT2D eigenvalue weighted by Crippen LogP contribution is -2.55. The monoisotopic (exact) mass is 293 g/mol. The van der Waals surface area contributed by atoms with Gasteiger partial charge in [0.2, 0.25) is 5.95 Å². The molecule has 3 rings (SSSR count). The highest BCUT2D eigenvalue weighted by Gasteiger charge is 2.31. The van der Waals surface area contributed by atoms with Gasteiger partial charge in [0.15, 0.2) is 0 Å². The zero-order valence-corrected chi connectivity index (χ0v) is 12.6. The van der Waals surface area contributed by atoms with Crippen LogP contribution in [0.2, 0.25) is 0 Å². The standard InChI is InChI=1S/C14H23N5S/c15-10-13(12-2-9-20-11-12)18-5-7-19(8-6-18)14-16-3-1-4-17-14/h1,3-4,12-13H,2,5-11,15H2. The summed E-state index contributed by atoms with van der Waals surface area (Å²) in [5.41, 5.74) is 6.04. The first-order valence-electron chi connectivity index (χ1n) is 7.42. The van der Waals surface area contributed by atoms with E-state index in [0.29, 0.717) is 6.04 Å². The lowest BCUT2D eigenvalue weighted by molar-refractivity contribution is 0.146. The van der Waals surface area contributed by atoms with Crippen molar-refractivity contribution in [2.45, 2.75) is 12.5 Å². The molecule has 2 aliphatic rings. The number of thioether (sulfide) groups is 1. The van der Waals surface area contributed by atoms with Crippen LogP contribution in [0.5, 0.6) is 0 Å². The van der Waals surface area contributed by atoms with Crippen LogP contribution in [0, 0.1) is 5.92 Å². The van der Waals surface area contributed by atoms with Crippen LogP contribution in [0.15, 0.2) is 18.5 Å². The van der Waals surface area contributed by atoms with E-state index in [1.165, 1.54) is 17.9 Å². The predicted molar refractivity (Wildman–Crippen MR) is 84.1 cm³/mol. The van der Waals surface area contributed by atoms with Crippen molar-refractivity contribution in [2.75, 3.05) is 49.1 Å². The normalized spacial score (nSPS) is 25.9. The number of hydrogen-bond acceptors (Lipinski definition) is 6. The molecule has 2 aliphatic heterocycles. The van der Waals surface area contributed by atoms with Crippen LogP contribution in [-0.2, 0) is 0 Å². The number of anilines is 1. The highest BCUT2D eigenvalue weighted by molar-refractivity contribution is 7.99. The van der Waals surface area contributed by atoms with Crippen molar-refractivity contribution in [1.82, 2.24) is 14.9 Å². The van der Waals surface area contributed by atoms with E-state index >= 15 is 0 Å². The van der Waals surface area contributed by atoms with E-state index in [9.17, 15) is 0 Å². The molecule has 0 spiro atoms. The summed E-state index contributed by atoms with van der Waals surface area (Å²) in [5, 5.41) is 0. The van der Waals surface area contributed by atoms with Gasteiger partial charge in [-0.1, -0.05) is 0 Å². The fraction of sp³-hybridized carbons (Fsp3) is 0.714. The molecule has 1 aromatic heterocycles. The topological polar surface area (TPSA) is 58.3 Å². The molecule has 2 fully saturated rings.